The zero-order valence-corrected chi connectivity index (χ0v) is 8.29. The molecule has 67 valence electrons. The van der Waals surface area contributed by atoms with Crippen LogP contribution >= 0.6 is 0 Å². The third kappa shape index (κ3) is 3.54. The van der Waals surface area contributed by atoms with E-state index in [1.807, 2.05) is 18.2 Å². The van der Waals surface area contributed by atoms with Gasteiger partial charge in [-0.15, -0.1) is 0 Å². The number of allylic oxidation sites excluding steroid dienone is 1. The summed E-state index contributed by atoms with van der Waals surface area (Å²) < 4.78 is 4.98. The van der Waals surface area contributed by atoms with E-state index in [-0.39, 0.29) is 25.4 Å². The van der Waals surface area contributed by atoms with E-state index in [4.69, 9.17) is 9.84 Å². The van der Waals surface area contributed by atoms with E-state index in [9.17, 15) is 0 Å². The summed E-state index contributed by atoms with van der Waals surface area (Å²) in [6.45, 7) is 1.71. The van der Waals surface area contributed by atoms with Crippen molar-refractivity contribution in [3.05, 3.63) is 42.4 Å². The minimum Gasteiger partial charge on any atom is -0.481 e. The Morgan fingerprint density at radius 2 is 1.92 bits per heavy atom. The summed E-state index contributed by atoms with van der Waals surface area (Å²) in [5, 5.41) is 8.95. The monoisotopic (exact) mass is 253 g/mol. The van der Waals surface area contributed by atoms with Gasteiger partial charge in [0.05, 0.1) is 0 Å². The van der Waals surface area contributed by atoms with Crippen molar-refractivity contribution in [2.75, 3.05) is 0 Å². The van der Waals surface area contributed by atoms with Crippen LogP contribution in [0.25, 0.3) is 0 Å². The van der Waals surface area contributed by atoms with Crippen molar-refractivity contribution >= 4 is 0 Å². The number of hydrogen-bond acceptors (Lipinski definition) is 2. The molecule has 12 heavy (non-hydrogen) atoms. The molecule has 1 aromatic carbocycles. The van der Waals surface area contributed by atoms with Gasteiger partial charge in [-0.05, 0) is 25.1 Å². The van der Waals surface area contributed by atoms with E-state index in [0.29, 0.717) is 5.75 Å². The minimum absolute atomic E-state index is 0. The second-order valence-corrected chi connectivity index (χ2v) is 2.04. The zero-order valence-electron chi connectivity index (χ0n) is 6.65. The van der Waals surface area contributed by atoms with Crippen molar-refractivity contribution < 1.29 is 29.3 Å². The maximum absolute atomic E-state index is 8.95. The summed E-state index contributed by atoms with van der Waals surface area (Å²) in [6, 6.07) is 9.13. The van der Waals surface area contributed by atoms with Gasteiger partial charge in [0.25, 0.3) is 5.95 Å². The summed E-state index contributed by atoms with van der Waals surface area (Å²) in [6.07, 6.45) is 1.49. The number of hydrogen-bond donors (Lipinski definition) is 1. The van der Waals surface area contributed by atoms with E-state index in [2.05, 4.69) is 0 Å². The van der Waals surface area contributed by atoms with Crippen molar-refractivity contribution in [1.29, 1.82) is 0 Å². The van der Waals surface area contributed by atoms with Crippen molar-refractivity contribution in [2.45, 2.75) is 6.92 Å². The first-order valence-corrected chi connectivity index (χ1v) is 3.41. The van der Waals surface area contributed by atoms with Crippen LogP contribution in [0.5, 0.6) is 5.75 Å². The van der Waals surface area contributed by atoms with Gasteiger partial charge in [-0.25, -0.2) is 0 Å². The van der Waals surface area contributed by atoms with Gasteiger partial charge in [-0.3, -0.25) is 0 Å². The van der Waals surface area contributed by atoms with Gasteiger partial charge < -0.3 is 9.84 Å². The van der Waals surface area contributed by atoms with Crippen LogP contribution in [0.1, 0.15) is 6.92 Å². The van der Waals surface area contributed by atoms with Gasteiger partial charge in [0.15, 0.2) is 0 Å². The zero-order chi connectivity index (χ0) is 8.10. The molecule has 3 heteroatoms. The molecule has 1 aromatic rings. The van der Waals surface area contributed by atoms with Crippen LogP contribution in [0.15, 0.2) is 42.4 Å². The molecule has 2 nitrogen and oxygen atoms in total. The van der Waals surface area contributed by atoms with Crippen LogP contribution in [-0.2, 0) is 19.5 Å². The molecule has 0 amide bonds. The molecule has 0 aliphatic heterocycles. The first-order valence-electron chi connectivity index (χ1n) is 3.41. The van der Waals surface area contributed by atoms with E-state index < -0.39 is 0 Å². The molecule has 0 spiro atoms. The van der Waals surface area contributed by atoms with Gasteiger partial charge in [-0.2, -0.15) is 0 Å². The van der Waals surface area contributed by atoms with Crippen molar-refractivity contribution in [2.24, 2.45) is 0 Å². The normalized spacial score (nSPS) is 10.2. The SMILES string of the molecule is CC=C(O)Oc1ccccc1.[Rh]. The molecular formula is C9H10O2Rh. The molecule has 0 fully saturated rings. The third-order valence-corrected chi connectivity index (χ3v) is 1.21. The Labute approximate surface area is 84.6 Å². The Morgan fingerprint density at radius 1 is 1.33 bits per heavy atom. The molecule has 1 N–H and O–H groups in total. The number of rotatable bonds is 2. The van der Waals surface area contributed by atoms with Crippen LogP contribution in [0, 0.1) is 0 Å². The number of para-hydroxylation sites is 1. The molecule has 1 rings (SSSR count). The van der Waals surface area contributed by atoms with Crippen molar-refractivity contribution in [1.82, 2.24) is 0 Å². The molecular weight excluding hydrogens is 243 g/mol. The molecule has 0 heterocycles. The van der Waals surface area contributed by atoms with Crippen LogP contribution in [-0.4, -0.2) is 5.11 Å². The van der Waals surface area contributed by atoms with Crippen molar-refractivity contribution in [3.63, 3.8) is 0 Å². The minimum atomic E-state index is -0.0730. The van der Waals surface area contributed by atoms with E-state index >= 15 is 0 Å². The Kier molecular flexibility index (Phi) is 5.39. The van der Waals surface area contributed by atoms with Gasteiger partial charge in [0.1, 0.15) is 5.75 Å². The number of benzene rings is 1. The Balaban J connectivity index is 0.00000121. The topological polar surface area (TPSA) is 29.5 Å². The largest absolute Gasteiger partial charge is 0.481 e. The molecule has 0 atom stereocenters. The fraction of sp³-hybridized carbons (Fsp3) is 0.111. The molecule has 0 aliphatic rings. The van der Waals surface area contributed by atoms with Gasteiger partial charge in [-0.1, -0.05) is 18.2 Å². The summed E-state index contributed by atoms with van der Waals surface area (Å²) in [5.41, 5.74) is 0. The predicted octanol–water partition coefficient (Wildman–Crippen LogP) is 2.48. The van der Waals surface area contributed by atoms with Crippen molar-refractivity contribution in [3.8, 4) is 5.75 Å². The van der Waals surface area contributed by atoms with Crippen LogP contribution in [0.4, 0.5) is 0 Å². The molecule has 1 radical (unpaired) electrons. The standard InChI is InChI=1S/C9H10O2.Rh/c1-2-9(10)11-8-6-4-3-5-7-8;/h2-7,10H,1H3;. The maximum Gasteiger partial charge on any atom is 0.277 e. The maximum atomic E-state index is 8.95. The Morgan fingerprint density at radius 3 is 2.42 bits per heavy atom. The molecule has 0 saturated carbocycles. The fourth-order valence-electron chi connectivity index (χ4n) is 0.668. The number of ether oxygens (including phenoxy) is 1. The predicted molar refractivity (Wildman–Crippen MR) is 43.5 cm³/mol. The number of aliphatic hydroxyl groups excluding tert-OH is 1. The first-order chi connectivity index (χ1) is 5.33. The van der Waals surface area contributed by atoms with Crippen LogP contribution in [0.2, 0.25) is 0 Å². The quantitative estimate of drug-likeness (QED) is 0.648. The molecule has 0 aliphatic carbocycles. The fourth-order valence-corrected chi connectivity index (χ4v) is 0.668. The van der Waals surface area contributed by atoms with Gasteiger partial charge in [0.2, 0.25) is 0 Å². The average molecular weight is 253 g/mol. The molecule has 0 saturated heterocycles. The summed E-state index contributed by atoms with van der Waals surface area (Å²) >= 11 is 0. The molecule has 0 unspecified atom stereocenters. The van der Waals surface area contributed by atoms with Crippen LogP contribution < -0.4 is 4.74 Å². The summed E-state index contributed by atoms with van der Waals surface area (Å²) in [4.78, 5) is 0. The van der Waals surface area contributed by atoms with E-state index in [1.165, 1.54) is 6.08 Å². The Bertz CT molecular complexity index is 244. The van der Waals surface area contributed by atoms with E-state index in [0.717, 1.165) is 0 Å². The summed E-state index contributed by atoms with van der Waals surface area (Å²) in [5.74, 6) is 0.569. The summed E-state index contributed by atoms with van der Waals surface area (Å²) in [7, 11) is 0. The molecule has 0 bridgehead atoms. The number of aliphatic hydroxyl groups is 1. The Hall–Kier alpha value is -0.817. The van der Waals surface area contributed by atoms with Gasteiger partial charge >= 0.3 is 0 Å². The molecule has 0 aromatic heterocycles. The average Bonchev–Trinajstić information content (AvgIpc) is 2.06. The second-order valence-electron chi connectivity index (χ2n) is 2.04. The smallest absolute Gasteiger partial charge is 0.277 e. The second kappa shape index (κ2) is 5.79. The van der Waals surface area contributed by atoms with Gasteiger partial charge in [0, 0.05) is 19.5 Å². The first kappa shape index (κ1) is 11.2. The van der Waals surface area contributed by atoms with Crippen LogP contribution in [0.3, 0.4) is 0 Å². The van der Waals surface area contributed by atoms with E-state index in [1.54, 1.807) is 19.1 Å². The third-order valence-electron chi connectivity index (χ3n) is 1.21.